The Hall–Kier alpha value is -3.07. The van der Waals surface area contributed by atoms with Crippen LogP contribution in [-0.2, 0) is 27.4 Å². The highest BCUT2D eigenvalue weighted by molar-refractivity contribution is 5.94. The maximum absolute atomic E-state index is 13.4. The lowest BCUT2D eigenvalue weighted by Crippen LogP contribution is -2.42. The third kappa shape index (κ3) is 3.13. The Labute approximate surface area is 198 Å². The van der Waals surface area contributed by atoms with Gasteiger partial charge in [-0.3, -0.25) is 9.69 Å². The van der Waals surface area contributed by atoms with E-state index in [9.17, 15) is 9.59 Å². The van der Waals surface area contributed by atoms with Gasteiger partial charge < -0.3 is 9.64 Å². The van der Waals surface area contributed by atoms with Crippen LogP contribution in [-0.4, -0.2) is 68.1 Å². The number of rotatable bonds is 4. The average Bonchev–Trinajstić information content (AvgIpc) is 3.58. The maximum Gasteiger partial charge on any atom is 0.336 e. The fourth-order valence-electron chi connectivity index (χ4n) is 6.33. The highest BCUT2D eigenvalue weighted by Gasteiger charge is 2.50. The van der Waals surface area contributed by atoms with Crippen molar-refractivity contribution in [3.8, 4) is 11.4 Å². The molecule has 4 aliphatic rings. The van der Waals surface area contributed by atoms with Crippen LogP contribution in [0.2, 0.25) is 0 Å². The predicted octanol–water partition coefficient (Wildman–Crippen LogP) is 2.43. The molecule has 1 amide bonds. The number of carbonyl (C=O) groups is 2. The van der Waals surface area contributed by atoms with Crippen LogP contribution in [0.4, 0.5) is 0 Å². The Morgan fingerprint density at radius 2 is 1.97 bits per heavy atom. The highest BCUT2D eigenvalue weighted by atomic mass is 16.5. The van der Waals surface area contributed by atoms with Crippen molar-refractivity contribution in [2.24, 2.45) is 5.41 Å². The van der Waals surface area contributed by atoms with E-state index in [0.717, 1.165) is 62.3 Å². The molecule has 9 nitrogen and oxygen atoms in total. The van der Waals surface area contributed by atoms with Crippen molar-refractivity contribution in [1.82, 2.24) is 30.0 Å². The lowest BCUT2D eigenvalue weighted by molar-refractivity contribution is -0.138. The minimum absolute atomic E-state index is 0.191. The van der Waals surface area contributed by atoms with Crippen LogP contribution >= 0.6 is 0 Å². The van der Waals surface area contributed by atoms with E-state index >= 15 is 0 Å². The summed E-state index contributed by atoms with van der Waals surface area (Å²) >= 11 is 0. The number of nitrogens with zero attached hydrogens (tertiary/aromatic N) is 6. The van der Waals surface area contributed by atoms with Crippen molar-refractivity contribution in [3.63, 3.8) is 0 Å². The topological polar surface area (TPSA) is 93.5 Å². The van der Waals surface area contributed by atoms with Gasteiger partial charge in [0.05, 0.1) is 23.2 Å². The number of amides is 1. The monoisotopic (exact) mass is 462 g/mol. The number of hydrogen-bond acceptors (Lipinski definition) is 7. The van der Waals surface area contributed by atoms with Gasteiger partial charge in [0.25, 0.3) is 0 Å². The van der Waals surface area contributed by atoms with E-state index in [0.29, 0.717) is 18.2 Å². The minimum atomic E-state index is -0.297. The number of aromatic nitrogens is 4. The van der Waals surface area contributed by atoms with E-state index in [1.54, 1.807) is 6.92 Å². The summed E-state index contributed by atoms with van der Waals surface area (Å²) in [5.74, 6) is 0.746. The summed E-state index contributed by atoms with van der Waals surface area (Å²) in [4.78, 5) is 29.5. The molecule has 34 heavy (non-hydrogen) atoms. The number of ether oxygens (including phenoxy) is 1. The molecule has 0 atom stereocenters. The smallest absolute Gasteiger partial charge is 0.336 e. The quantitative estimate of drug-likeness (QED) is 0.550. The molecule has 1 saturated heterocycles. The van der Waals surface area contributed by atoms with Crippen LogP contribution in [0.1, 0.15) is 55.7 Å². The summed E-state index contributed by atoms with van der Waals surface area (Å²) in [6.45, 7) is 6.49. The van der Waals surface area contributed by atoms with Crippen LogP contribution in [0.25, 0.3) is 11.4 Å². The molecule has 1 aromatic carbocycles. The Morgan fingerprint density at radius 1 is 1.18 bits per heavy atom. The summed E-state index contributed by atoms with van der Waals surface area (Å²) in [5, 5.41) is 12.0. The molecule has 2 fully saturated rings. The lowest BCUT2D eigenvalue weighted by atomic mass is 9.71. The Bertz CT molecular complexity index is 1220. The summed E-state index contributed by atoms with van der Waals surface area (Å²) in [6.07, 6.45) is 4.70. The highest BCUT2D eigenvalue weighted by Crippen LogP contribution is 2.47. The molecule has 0 radical (unpaired) electrons. The van der Waals surface area contributed by atoms with Crippen molar-refractivity contribution in [1.29, 1.82) is 0 Å². The van der Waals surface area contributed by atoms with Crippen molar-refractivity contribution >= 4 is 11.9 Å². The van der Waals surface area contributed by atoms with Crippen molar-refractivity contribution < 1.29 is 14.3 Å². The van der Waals surface area contributed by atoms with E-state index in [1.165, 1.54) is 16.7 Å². The zero-order valence-electron chi connectivity index (χ0n) is 20.0. The summed E-state index contributed by atoms with van der Waals surface area (Å²) in [6, 6.07) is 4.81. The fraction of sp³-hybridized carbons (Fsp3) is 0.560. The van der Waals surface area contributed by atoms with Crippen molar-refractivity contribution in [2.75, 3.05) is 20.2 Å². The minimum Gasteiger partial charge on any atom is -0.456 e. The standard InChI is InChI=1S/C25H30N6O3/c1-15-17(4-5-19-20(15)13-31-22(19)26-27-28-31)12-29(3)18-6-8-25(9-7-18)10-11-30(24(25)33)21-14-34-23(32)16(21)2/h4-5,18H,6-14H2,1-3H3. The van der Waals surface area contributed by atoms with Gasteiger partial charge in [-0.25, -0.2) is 9.48 Å². The predicted molar refractivity (Wildman–Crippen MR) is 123 cm³/mol. The third-order valence-corrected chi connectivity index (χ3v) is 8.66. The molecule has 0 bridgehead atoms. The van der Waals surface area contributed by atoms with Crippen LogP contribution in [0.15, 0.2) is 23.4 Å². The first-order valence-corrected chi connectivity index (χ1v) is 12.1. The first-order valence-electron chi connectivity index (χ1n) is 12.1. The molecule has 178 valence electrons. The molecular weight excluding hydrogens is 432 g/mol. The number of benzene rings is 1. The number of esters is 1. The van der Waals surface area contributed by atoms with Gasteiger partial charge in [0.2, 0.25) is 5.91 Å². The largest absolute Gasteiger partial charge is 0.456 e. The molecule has 1 aliphatic carbocycles. The van der Waals surface area contributed by atoms with Gasteiger partial charge in [-0.2, -0.15) is 0 Å². The Balaban J connectivity index is 1.11. The van der Waals surface area contributed by atoms with E-state index in [1.807, 2.05) is 9.58 Å². The lowest BCUT2D eigenvalue weighted by Gasteiger charge is -2.39. The molecular formula is C25H30N6O3. The van der Waals surface area contributed by atoms with Crippen LogP contribution in [0, 0.1) is 12.3 Å². The molecule has 2 aromatic rings. The van der Waals surface area contributed by atoms with Gasteiger partial charge in [0, 0.05) is 24.7 Å². The Kier molecular flexibility index (Phi) is 4.88. The molecule has 1 spiro atoms. The Morgan fingerprint density at radius 3 is 2.71 bits per heavy atom. The summed E-state index contributed by atoms with van der Waals surface area (Å²) < 4.78 is 7.01. The normalized spacial score (nSPS) is 26.1. The molecule has 0 N–H and O–H groups in total. The first kappa shape index (κ1) is 21.5. The van der Waals surface area contributed by atoms with Gasteiger partial charge in [-0.1, -0.05) is 12.1 Å². The number of cyclic esters (lactones) is 1. The van der Waals surface area contributed by atoms with Gasteiger partial charge in [-0.05, 0) is 80.1 Å². The summed E-state index contributed by atoms with van der Waals surface area (Å²) in [7, 11) is 2.20. The number of hydrogen-bond donors (Lipinski definition) is 0. The second-order valence-corrected chi connectivity index (χ2v) is 10.3. The van der Waals surface area contributed by atoms with E-state index in [4.69, 9.17) is 4.74 Å². The van der Waals surface area contributed by atoms with Gasteiger partial charge in [0.15, 0.2) is 5.82 Å². The number of likely N-dealkylation sites (tertiary alicyclic amines) is 1. The fourth-order valence-corrected chi connectivity index (χ4v) is 6.33. The van der Waals surface area contributed by atoms with Crippen molar-refractivity contribution in [3.05, 3.63) is 40.1 Å². The molecule has 9 heteroatoms. The summed E-state index contributed by atoms with van der Waals surface area (Å²) in [5.41, 5.74) is 6.14. The second-order valence-electron chi connectivity index (χ2n) is 10.3. The zero-order chi connectivity index (χ0) is 23.6. The average molecular weight is 463 g/mol. The van der Waals surface area contributed by atoms with E-state index in [-0.39, 0.29) is 23.9 Å². The van der Waals surface area contributed by atoms with Gasteiger partial charge in [0.1, 0.15) is 6.61 Å². The van der Waals surface area contributed by atoms with Crippen LogP contribution in [0.5, 0.6) is 0 Å². The van der Waals surface area contributed by atoms with Crippen molar-refractivity contribution in [2.45, 2.75) is 65.1 Å². The molecule has 1 saturated carbocycles. The van der Waals surface area contributed by atoms with Gasteiger partial charge in [-0.15, -0.1) is 5.10 Å². The second kappa shape index (κ2) is 7.73. The molecule has 6 rings (SSSR count). The SMILES string of the molecule is CC1=C(N2CCC3(CCC(N(C)Cc4ccc5c(c4C)Cn4nnnc4-5)CC3)C2=O)COC1=O. The molecule has 1 aromatic heterocycles. The van der Waals surface area contributed by atoms with Crippen LogP contribution in [0.3, 0.4) is 0 Å². The number of carbonyl (C=O) groups excluding carboxylic acids is 2. The van der Waals surface area contributed by atoms with E-state index in [2.05, 4.69) is 46.5 Å². The number of tetrazole rings is 1. The molecule has 0 unspecified atom stereocenters. The zero-order valence-corrected chi connectivity index (χ0v) is 20.0. The third-order valence-electron chi connectivity index (χ3n) is 8.66. The molecule has 4 heterocycles. The van der Waals surface area contributed by atoms with E-state index < -0.39 is 0 Å². The van der Waals surface area contributed by atoms with Gasteiger partial charge >= 0.3 is 5.97 Å². The maximum atomic E-state index is 13.4. The first-order chi connectivity index (χ1) is 16.4. The molecule has 3 aliphatic heterocycles. The van der Waals surface area contributed by atoms with Crippen LogP contribution < -0.4 is 0 Å². The number of fused-ring (bicyclic) bond motifs is 3.